The van der Waals surface area contributed by atoms with Crippen LogP contribution < -0.4 is 4.72 Å². The Hall–Kier alpha value is -2.01. The van der Waals surface area contributed by atoms with Gasteiger partial charge in [-0.25, -0.2) is 8.42 Å². The summed E-state index contributed by atoms with van der Waals surface area (Å²) in [5, 5.41) is 9.68. The Balaban J connectivity index is 2.04. The van der Waals surface area contributed by atoms with Gasteiger partial charge in [0.25, 0.3) is 10.0 Å². The summed E-state index contributed by atoms with van der Waals surface area (Å²) < 4.78 is 27.1. The van der Waals surface area contributed by atoms with E-state index in [1.807, 2.05) is 12.1 Å². The Morgan fingerprint density at radius 2 is 1.65 bits per heavy atom. The lowest BCUT2D eigenvalue weighted by molar-refractivity contribution is 0.477. The monoisotopic (exact) mass is 333 g/mol. The van der Waals surface area contributed by atoms with E-state index in [9.17, 15) is 13.5 Å². The lowest BCUT2D eigenvalue weighted by Gasteiger charge is -2.10. The van der Waals surface area contributed by atoms with Crippen molar-refractivity contribution in [3.05, 3.63) is 54.1 Å². The molecule has 0 saturated heterocycles. The molecule has 124 valence electrons. The van der Waals surface area contributed by atoms with Gasteiger partial charge in [0.1, 0.15) is 5.75 Å². The summed E-state index contributed by atoms with van der Waals surface area (Å²) in [5.41, 5.74) is 1.32. The highest BCUT2D eigenvalue weighted by Gasteiger charge is 2.15. The maximum atomic E-state index is 12.3. The van der Waals surface area contributed by atoms with Crippen molar-refractivity contribution in [1.29, 1.82) is 0 Å². The van der Waals surface area contributed by atoms with E-state index < -0.39 is 10.0 Å². The third-order valence-electron chi connectivity index (χ3n) is 3.70. The van der Waals surface area contributed by atoms with Crippen molar-refractivity contribution in [3.63, 3.8) is 0 Å². The second kappa shape index (κ2) is 8.02. The van der Waals surface area contributed by atoms with Gasteiger partial charge >= 0.3 is 0 Å². The quantitative estimate of drug-likeness (QED) is 0.558. The van der Waals surface area contributed by atoms with Crippen LogP contribution in [0.4, 0.5) is 5.69 Å². The average Bonchev–Trinajstić information content (AvgIpc) is 2.54. The molecule has 0 heterocycles. The normalized spacial score (nSPS) is 11.3. The summed E-state index contributed by atoms with van der Waals surface area (Å²) in [5.74, 6) is -0.0939. The zero-order chi connectivity index (χ0) is 16.7. The Morgan fingerprint density at radius 3 is 2.30 bits per heavy atom. The first-order valence-corrected chi connectivity index (χ1v) is 9.41. The molecule has 0 aliphatic heterocycles. The second-order valence-corrected chi connectivity index (χ2v) is 7.26. The van der Waals surface area contributed by atoms with Gasteiger partial charge in [0.15, 0.2) is 0 Å². The first kappa shape index (κ1) is 17.3. The van der Waals surface area contributed by atoms with Crippen molar-refractivity contribution >= 4 is 15.7 Å². The smallest absolute Gasteiger partial charge is 0.262 e. The van der Waals surface area contributed by atoms with Crippen molar-refractivity contribution in [3.8, 4) is 5.75 Å². The van der Waals surface area contributed by atoms with Crippen LogP contribution in [0, 0.1) is 0 Å². The number of benzene rings is 2. The van der Waals surface area contributed by atoms with Crippen LogP contribution in [0.3, 0.4) is 0 Å². The first-order valence-electron chi connectivity index (χ1n) is 7.92. The minimum absolute atomic E-state index is 0.0939. The van der Waals surface area contributed by atoms with E-state index in [1.54, 1.807) is 24.3 Å². The molecule has 0 aliphatic rings. The first-order chi connectivity index (χ1) is 11.0. The second-order valence-electron chi connectivity index (χ2n) is 5.58. The van der Waals surface area contributed by atoms with E-state index in [0.717, 1.165) is 18.4 Å². The number of hydrogen-bond acceptors (Lipinski definition) is 3. The van der Waals surface area contributed by atoms with Gasteiger partial charge in [0.2, 0.25) is 0 Å². The molecule has 0 unspecified atom stereocenters. The van der Waals surface area contributed by atoms with E-state index in [2.05, 4.69) is 11.6 Å². The van der Waals surface area contributed by atoms with Crippen LogP contribution in [-0.4, -0.2) is 13.5 Å². The number of phenols is 1. The molecule has 0 aliphatic carbocycles. The van der Waals surface area contributed by atoms with E-state index in [0.29, 0.717) is 0 Å². The van der Waals surface area contributed by atoms with Crippen molar-refractivity contribution < 1.29 is 13.5 Å². The standard InChI is InChI=1S/C18H23NO3S/c1-2-3-4-5-8-15-11-13-16(14-12-15)23(21,22)19-17-9-6-7-10-18(17)20/h6-7,9-14,19-20H,2-5,8H2,1H3. The SMILES string of the molecule is CCCCCCc1ccc(S(=O)(=O)Nc2ccccc2O)cc1. The summed E-state index contributed by atoms with van der Waals surface area (Å²) in [6.07, 6.45) is 5.72. The van der Waals surface area contributed by atoms with Crippen LogP contribution in [0.25, 0.3) is 0 Å². The van der Waals surface area contributed by atoms with Gasteiger partial charge in [-0.15, -0.1) is 0 Å². The molecular formula is C18H23NO3S. The highest BCUT2D eigenvalue weighted by molar-refractivity contribution is 7.92. The van der Waals surface area contributed by atoms with E-state index >= 15 is 0 Å². The van der Waals surface area contributed by atoms with Gasteiger partial charge in [0, 0.05) is 0 Å². The van der Waals surface area contributed by atoms with Crippen LogP contribution in [0.2, 0.25) is 0 Å². The number of anilines is 1. The molecule has 5 heteroatoms. The maximum Gasteiger partial charge on any atom is 0.262 e. The molecule has 2 aromatic carbocycles. The number of unbranched alkanes of at least 4 members (excludes halogenated alkanes) is 3. The number of aryl methyl sites for hydroxylation is 1. The molecule has 0 radical (unpaired) electrons. The number of phenolic OH excluding ortho intramolecular Hbond substituents is 1. The Bertz CT molecular complexity index is 724. The van der Waals surface area contributed by atoms with Crippen molar-refractivity contribution in [2.24, 2.45) is 0 Å². The lowest BCUT2D eigenvalue weighted by atomic mass is 10.1. The van der Waals surface area contributed by atoms with Crippen molar-refractivity contribution in [1.82, 2.24) is 0 Å². The molecule has 0 saturated carbocycles. The van der Waals surface area contributed by atoms with Gasteiger partial charge in [-0.2, -0.15) is 0 Å². The Labute approximate surface area is 138 Å². The molecule has 0 fully saturated rings. The minimum Gasteiger partial charge on any atom is -0.506 e. The fraction of sp³-hybridized carbons (Fsp3) is 0.333. The fourth-order valence-corrected chi connectivity index (χ4v) is 3.43. The van der Waals surface area contributed by atoms with E-state index in [1.165, 1.54) is 31.4 Å². The van der Waals surface area contributed by atoms with Crippen LogP contribution in [0.15, 0.2) is 53.4 Å². The third-order valence-corrected chi connectivity index (χ3v) is 5.08. The number of para-hydroxylation sites is 2. The van der Waals surface area contributed by atoms with Crippen molar-refractivity contribution in [2.75, 3.05) is 4.72 Å². The van der Waals surface area contributed by atoms with Gasteiger partial charge in [-0.05, 0) is 42.7 Å². The fourth-order valence-electron chi connectivity index (χ4n) is 2.35. The predicted octanol–water partition coefficient (Wildman–Crippen LogP) is 4.32. The molecule has 2 rings (SSSR count). The highest BCUT2D eigenvalue weighted by Crippen LogP contribution is 2.25. The maximum absolute atomic E-state index is 12.3. The number of aromatic hydroxyl groups is 1. The number of nitrogens with one attached hydrogen (secondary N) is 1. The summed E-state index contributed by atoms with van der Waals surface area (Å²) >= 11 is 0. The van der Waals surface area contributed by atoms with Crippen LogP contribution >= 0.6 is 0 Å². The lowest BCUT2D eigenvalue weighted by Crippen LogP contribution is -2.13. The molecule has 4 nitrogen and oxygen atoms in total. The van der Waals surface area contributed by atoms with Crippen LogP contribution in [0.5, 0.6) is 5.75 Å². The molecule has 0 bridgehead atoms. The van der Waals surface area contributed by atoms with E-state index in [-0.39, 0.29) is 16.3 Å². The molecule has 2 aromatic rings. The molecule has 0 aromatic heterocycles. The number of rotatable bonds is 8. The van der Waals surface area contributed by atoms with Gasteiger partial charge in [0.05, 0.1) is 10.6 Å². The van der Waals surface area contributed by atoms with Gasteiger partial charge < -0.3 is 5.11 Å². The molecular weight excluding hydrogens is 310 g/mol. The third kappa shape index (κ3) is 4.99. The van der Waals surface area contributed by atoms with Crippen LogP contribution in [-0.2, 0) is 16.4 Å². The Morgan fingerprint density at radius 1 is 0.957 bits per heavy atom. The highest BCUT2D eigenvalue weighted by atomic mass is 32.2. The zero-order valence-electron chi connectivity index (χ0n) is 13.3. The molecule has 0 atom stereocenters. The van der Waals surface area contributed by atoms with Crippen LogP contribution in [0.1, 0.15) is 38.2 Å². The average molecular weight is 333 g/mol. The van der Waals surface area contributed by atoms with Crippen molar-refractivity contribution in [2.45, 2.75) is 43.9 Å². The summed E-state index contributed by atoms with van der Waals surface area (Å²) in [6.45, 7) is 2.18. The minimum atomic E-state index is -3.69. The van der Waals surface area contributed by atoms with Gasteiger partial charge in [-0.3, -0.25) is 4.72 Å². The largest absolute Gasteiger partial charge is 0.506 e. The molecule has 23 heavy (non-hydrogen) atoms. The predicted molar refractivity (Wildman–Crippen MR) is 93.2 cm³/mol. The van der Waals surface area contributed by atoms with Gasteiger partial charge in [-0.1, -0.05) is 50.5 Å². The topological polar surface area (TPSA) is 66.4 Å². The summed E-state index contributed by atoms with van der Waals surface area (Å²) in [4.78, 5) is 0.193. The molecule has 2 N–H and O–H groups in total. The molecule has 0 spiro atoms. The number of sulfonamides is 1. The zero-order valence-corrected chi connectivity index (χ0v) is 14.1. The van der Waals surface area contributed by atoms with E-state index in [4.69, 9.17) is 0 Å². The summed E-state index contributed by atoms with van der Waals surface area (Å²) in [7, 11) is -3.69. The Kier molecular flexibility index (Phi) is 6.04. The molecule has 0 amide bonds. The number of hydrogen-bond donors (Lipinski definition) is 2. The summed E-state index contributed by atoms with van der Waals surface area (Å²) in [6, 6.07) is 13.2.